The van der Waals surface area contributed by atoms with Gasteiger partial charge in [0, 0.05) is 4.88 Å². The van der Waals surface area contributed by atoms with Crippen LogP contribution in [0.1, 0.15) is 41.3 Å². The molecule has 1 aromatic carbocycles. The third-order valence-corrected chi connectivity index (χ3v) is 4.38. The molecule has 0 aliphatic rings. The molecule has 2 aromatic rings. The first-order chi connectivity index (χ1) is 11.0. The van der Waals surface area contributed by atoms with Gasteiger partial charge in [-0.1, -0.05) is 26.0 Å². The number of amides is 1. The van der Waals surface area contributed by atoms with Crippen molar-refractivity contribution in [1.29, 1.82) is 0 Å². The number of carbonyl (C=O) groups is 1. The van der Waals surface area contributed by atoms with Crippen LogP contribution < -0.4 is 10.2 Å². The second kappa shape index (κ2) is 7.92. The molecule has 0 saturated carbocycles. The van der Waals surface area contributed by atoms with E-state index in [2.05, 4.69) is 30.4 Å². The summed E-state index contributed by atoms with van der Waals surface area (Å²) < 4.78 is 5.67. The molecule has 0 aliphatic carbocycles. The van der Waals surface area contributed by atoms with Crippen LogP contribution in [0.3, 0.4) is 0 Å². The van der Waals surface area contributed by atoms with Gasteiger partial charge in [0.15, 0.2) is 6.61 Å². The van der Waals surface area contributed by atoms with Gasteiger partial charge in [0.2, 0.25) is 0 Å². The van der Waals surface area contributed by atoms with Crippen LogP contribution in [0.25, 0.3) is 0 Å². The molecular formula is C18H22N2O2S. The first kappa shape index (κ1) is 17.2. The number of nitrogens with zero attached hydrogens (tertiary/aromatic N) is 1. The maximum Gasteiger partial charge on any atom is 0.277 e. The molecule has 1 aromatic heterocycles. The van der Waals surface area contributed by atoms with Gasteiger partial charge in [0.1, 0.15) is 5.75 Å². The smallest absolute Gasteiger partial charge is 0.277 e. The minimum absolute atomic E-state index is 0.0517. The van der Waals surface area contributed by atoms with Gasteiger partial charge >= 0.3 is 0 Å². The number of hydrogen-bond donors (Lipinski definition) is 1. The van der Waals surface area contributed by atoms with E-state index in [1.807, 2.05) is 37.4 Å². The van der Waals surface area contributed by atoms with Crippen molar-refractivity contribution in [2.24, 2.45) is 5.10 Å². The van der Waals surface area contributed by atoms with E-state index >= 15 is 0 Å². The number of aryl methyl sites for hydroxylation is 2. The molecule has 23 heavy (non-hydrogen) atoms. The highest BCUT2D eigenvalue weighted by atomic mass is 32.1. The van der Waals surface area contributed by atoms with E-state index in [1.165, 1.54) is 0 Å². The SMILES string of the molecule is Cc1ccc(C(C)C)c(OCC(=O)NN=Cc2sccc2C)c1. The van der Waals surface area contributed by atoms with Crippen molar-refractivity contribution in [2.45, 2.75) is 33.6 Å². The summed E-state index contributed by atoms with van der Waals surface area (Å²) >= 11 is 1.59. The summed E-state index contributed by atoms with van der Waals surface area (Å²) in [5.74, 6) is 0.827. The summed E-state index contributed by atoms with van der Waals surface area (Å²) in [6.45, 7) is 8.17. The van der Waals surface area contributed by atoms with Gasteiger partial charge in [-0.25, -0.2) is 5.43 Å². The van der Waals surface area contributed by atoms with E-state index in [0.717, 1.165) is 27.3 Å². The Hall–Kier alpha value is -2.14. The first-order valence-corrected chi connectivity index (χ1v) is 8.44. The third kappa shape index (κ3) is 4.93. The Morgan fingerprint density at radius 3 is 2.78 bits per heavy atom. The van der Waals surface area contributed by atoms with Crippen LogP contribution in [-0.2, 0) is 4.79 Å². The number of rotatable bonds is 6. The van der Waals surface area contributed by atoms with Crippen molar-refractivity contribution < 1.29 is 9.53 Å². The lowest BCUT2D eigenvalue weighted by Crippen LogP contribution is -2.25. The molecule has 0 atom stereocenters. The Bertz CT molecular complexity index is 705. The van der Waals surface area contributed by atoms with E-state index in [-0.39, 0.29) is 12.5 Å². The predicted molar refractivity (Wildman–Crippen MR) is 95.6 cm³/mol. The van der Waals surface area contributed by atoms with Crippen LogP contribution in [0.15, 0.2) is 34.7 Å². The second-order valence-corrected chi connectivity index (χ2v) is 6.69. The summed E-state index contributed by atoms with van der Waals surface area (Å²) in [5, 5.41) is 5.96. The average Bonchev–Trinajstić information content (AvgIpc) is 2.90. The molecule has 1 N–H and O–H groups in total. The molecule has 2 rings (SSSR count). The number of hydrazone groups is 1. The van der Waals surface area contributed by atoms with Crippen LogP contribution in [-0.4, -0.2) is 18.7 Å². The van der Waals surface area contributed by atoms with Crippen molar-refractivity contribution >= 4 is 23.5 Å². The fourth-order valence-electron chi connectivity index (χ4n) is 2.10. The molecule has 0 bridgehead atoms. The number of hydrogen-bond acceptors (Lipinski definition) is 4. The van der Waals surface area contributed by atoms with Crippen molar-refractivity contribution in [3.05, 3.63) is 51.2 Å². The van der Waals surface area contributed by atoms with E-state index in [0.29, 0.717) is 5.92 Å². The maximum absolute atomic E-state index is 11.8. The number of carbonyl (C=O) groups excluding carboxylic acids is 1. The Balaban J connectivity index is 1.91. The molecule has 0 radical (unpaired) electrons. The molecule has 4 nitrogen and oxygen atoms in total. The van der Waals surface area contributed by atoms with E-state index in [4.69, 9.17) is 4.74 Å². The van der Waals surface area contributed by atoms with Crippen LogP contribution >= 0.6 is 11.3 Å². The lowest BCUT2D eigenvalue weighted by molar-refractivity contribution is -0.123. The zero-order valence-electron chi connectivity index (χ0n) is 13.9. The highest BCUT2D eigenvalue weighted by Gasteiger charge is 2.10. The van der Waals surface area contributed by atoms with Crippen LogP contribution in [0, 0.1) is 13.8 Å². The summed E-state index contributed by atoms with van der Waals surface area (Å²) in [6.07, 6.45) is 1.66. The van der Waals surface area contributed by atoms with Gasteiger partial charge in [-0.15, -0.1) is 11.3 Å². The lowest BCUT2D eigenvalue weighted by atomic mass is 10.0. The lowest BCUT2D eigenvalue weighted by Gasteiger charge is -2.14. The molecular weight excluding hydrogens is 308 g/mol. The van der Waals surface area contributed by atoms with Crippen LogP contribution in [0.4, 0.5) is 0 Å². The van der Waals surface area contributed by atoms with Crippen molar-refractivity contribution in [3.63, 3.8) is 0 Å². The Morgan fingerprint density at radius 2 is 2.13 bits per heavy atom. The second-order valence-electron chi connectivity index (χ2n) is 5.75. The number of thiophene rings is 1. The van der Waals surface area contributed by atoms with Crippen LogP contribution in [0.2, 0.25) is 0 Å². The van der Waals surface area contributed by atoms with Crippen LogP contribution in [0.5, 0.6) is 5.75 Å². The maximum atomic E-state index is 11.8. The van der Waals surface area contributed by atoms with Gasteiger partial charge in [-0.3, -0.25) is 4.79 Å². The molecule has 0 unspecified atom stereocenters. The number of nitrogens with one attached hydrogen (secondary N) is 1. The van der Waals surface area contributed by atoms with Gasteiger partial charge in [0.05, 0.1) is 6.21 Å². The fraction of sp³-hybridized carbons (Fsp3) is 0.333. The van der Waals surface area contributed by atoms with Gasteiger partial charge in [0.25, 0.3) is 5.91 Å². The molecule has 1 heterocycles. The molecule has 5 heteroatoms. The average molecular weight is 330 g/mol. The van der Waals surface area contributed by atoms with E-state index in [9.17, 15) is 4.79 Å². The van der Waals surface area contributed by atoms with Gasteiger partial charge < -0.3 is 4.74 Å². The Labute approximate surface area is 141 Å². The molecule has 0 aliphatic heterocycles. The summed E-state index contributed by atoms with van der Waals surface area (Å²) in [5.41, 5.74) is 5.84. The Kier molecular flexibility index (Phi) is 5.93. The minimum atomic E-state index is -0.272. The van der Waals surface area contributed by atoms with Gasteiger partial charge in [-0.2, -0.15) is 5.10 Å². The number of benzene rings is 1. The monoisotopic (exact) mass is 330 g/mol. The molecule has 0 saturated heterocycles. The molecule has 0 fully saturated rings. The standard InChI is InChI=1S/C18H22N2O2S/c1-12(2)15-6-5-13(3)9-16(15)22-11-18(21)20-19-10-17-14(4)7-8-23-17/h5-10,12H,11H2,1-4H3,(H,20,21). The fourth-order valence-corrected chi connectivity index (χ4v) is 2.89. The predicted octanol–water partition coefficient (Wildman–Crippen LogP) is 4.02. The van der Waals surface area contributed by atoms with E-state index in [1.54, 1.807) is 17.6 Å². The zero-order chi connectivity index (χ0) is 16.8. The Morgan fingerprint density at radius 1 is 1.35 bits per heavy atom. The summed E-state index contributed by atoms with van der Waals surface area (Å²) in [6, 6.07) is 8.07. The van der Waals surface area contributed by atoms with Crippen molar-refractivity contribution in [1.82, 2.24) is 5.43 Å². The topological polar surface area (TPSA) is 50.7 Å². The first-order valence-electron chi connectivity index (χ1n) is 7.56. The normalized spacial score (nSPS) is 11.2. The van der Waals surface area contributed by atoms with E-state index < -0.39 is 0 Å². The molecule has 0 spiro atoms. The van der Waals surface area contributed by atoms with Crippen molar-refractivity contribution in [2.75, 3.05) is 6.61 Å². The number of ether oxygens (including phenoxy) is 1. The zero-order valence-corrected chi connectivity index (χ0v) is 14.7. The largest absolute Gasteiger partial charge is 0.483 e. The van der Waals surface area contributed by atoms with Crippen molar-refractivity contribution in [3.8, 4) is 5.75 Å². The minimum Gasteiger partial charge on any atom is -0.483 e. The quantitative estimate of drug-likeness (QED) is 0.642. The molecule has 1 amide bonds. The summed E-state index contributed by atoms with van der Waals surface area (Å²) in [4.78, 5) is 12.9. The highest BCUT2D eigenvalue weighted by Crippen LogP contribution is 2.27. The summed E-state index contributed by atoms with van der Waals surface area (Å²) in [7, 11) is 0. The highest BCUT2D eigenvalue weighted by molar-refractivity contribution is 7.11. The molecule has 122 valence electrons. The van der Waals surface area contributed by atoms with Gasteiger partial charge in [-0.05, 0) is 54.0 Å². The third-order valence-electron chi connectivity index (χ3n) is 3.42.